The molecule has 1 aliphatic heterocycles. The molecule has 1 fully saturated rings. The second-order valence-corrected chi connectivity index (χ2v) is 8.86. The Labute approximate surface area is 187 Å². The number of amides is 2. The maximum atomic E-state index is 13.2. The Morgan fingerprint density at radius 1 is 1.12 bits per heavy atom. The lowest BCUT2D eigenvalue weighted by Crippen LogP contribution is -2.31. The second kappa shape index (κ2) is 8.18. The van der Waals surface area contributed by atoms with Crippen LogP contribution in [0.5, 0.6) is 11.5 Å². The van der Waals surface area contributed by atoms with Crippen molar-refractivity contribution >= 4 is 34.5 Å². The van der Waals surface area contributed by atoms with Crippen molar-refractivity contribution in [2.24, 2.45) is 5.92 Å². The van der Waals surface area contributed by atoms with Gasteiger partial charge in [-0.15, -0.1) is 0 Å². The number of carbonyl (C=O) groups excluding carboxylic acids is 2. The van der Waals surface area contributed by atoms with Gasteiger partial charge in [0.25, 0.3) is 0 Å². The smallest absolute Gasteiger partial charge is 0.232 e. The van der Waals surface area contributed by atoms with Gasteiger partial charge in [0.15, 0.2) is 0 Å². The quantitative estimate of drug-likeness (QED) is 0.658. The minimum atomic E-state index is -0.498. The first kappa shape index (κ1) is 21.7. The van der Waals surface area contributed by atoms with Crippen LogP contribution in [0.1, 0.15) is 27.2 Å². The molecular formula is C24H28N4O4. The number of ether oxygens (including phenoxy) is 2. The molecule has 1 aliphatic rings. The highest BCUT2D eigenvalue weighted by atomic mass is 16.5. The lowest BCUT2D eigenvalue weighted by molar-refractivity contribution is -0.122. The van der Waals surface area contributed by atoms with Crippen LogP contribution < -0.4 is 19.7 Å². The Morgan fingerprint density at radius 3 is 2.56 bits per heavy atom. The molecule has 1 unspecified atom stereocenters. The second-order valence-electron chi connectivity index (χ2n) is 8.86. The fourth-order valence-corrected chi connectivity index (χ4v) is 4.13. The molecule has 2 aromatic carbocycles. The normalized spacial score (nSPS) is 16.5. The van der Waals surface area contributed by atoms with E-state index >= 15 is 0 Å². The minimum absolute atomic E-state index is 0.122. The number of para-hydroxylation sites is 2. The van der Waals surface area contributed by atoms with E-state index in [0.717, 1.165) is 11.0 Å². The topological polar surface area (TPSA) is 85.7 Å². The third-order valence-corrected chi connectivity index (χ3v) is 5.64. The SMILES string of the molecule is COc1ccc(N2CC(C(=O)Nc3nc4ccccc4n3C(C)(C)C)CC2=O)c(OC)c1. The van der Waals surface area contributed by atoms with Crippen LogP contribution in [0.4, 0.5) is 11.6 Å². The van der Waals surface area contributed by atoms with E-state index < -0.39 is 5.92 Å². The van der Waals surface area contributed by atoms with Crippen molar-refractivity contribution in [1.82, 2.24) is 9.55 Å². The predicted octanol–water partition coefficient (Wildman–Crippen LogP) is 3.80. The van der Waals surface area contributed by atoms with Gasteiger partial charge in [-0.2, -0.15) is 0 Å². The Morgan fingerprint density at radius 2 is 1.88 bits per heavy atom. The molecule has 0 spiro atoms. The summed E-state index contributed by atoms with van der Waals surface area (Å²) in [6.07, 6.45) is 0.122. The Bertz CT molecular complexity index is 1180. The van der Waals surface area contributed by atoms with E-state index in [1.54, 1.807) is 37.3 Å². The molecule has 0 saturated carbocycles. The molecule has 0 aliphatic carbocycles. The zero-order chi connectivity index (χ0) is 23.0. The molecule has 2 heterocycles. The van der Waals surface area contributed by atoms with E-state index in [2.05, 4.69) is 31.1 Å². The highest BCUT2D eigenvalue weighted by molar-refractivity contribution is 6.04. The van der Waals surface area contributed by atoms with Crippen molar-refractivity contribution in [2.75, 3.05) is 31.0 Å². The third kappa shape index (κ3) is 3.88. The highest BCUT2D eigenvalue weighted by Crippen LogP contribution is 2.36. The van der Waals surface area contributed by atoms with Gasteiger partial charge in [0.1, 0.15) is 11.5 Å². The molecule has 8 nitrogen and oxygen atoms in total. The van der Waals surface area contributed by atoms with Crippen molar-refractivity contribution in [3.05, 3.63) is 42.5 Å². The molecule has 2 amide bonds. The molecule has 3 aromatic rings. The zero-order valence-electron chi connectivity index (χ0n) is 19.0. The number of hydrogen-bond acceptors (Lipinski definition) is 5. The first-order valence-corrected chi connectivity index (χ1v) is 10.5. The van der Waals surface area contributed by atoms with Gasteiger partial charge in [-0.25, -0.2) is 4.98 Å². The lowest BCUT2D eigenvalue weighted by Gasteiger charge is -2.25. The number of benzene rings is 2. The van der Waals surface area contributed by atoms with Gasteiger partial charge in [0, 0.05) is 24.6 Å². The molecule has 168 valence electrons. The van der Waals surface area contributed by atoms with Gasteiger partial charge < -0.3 is 18.9 Å². The third-order valence-electron chi connectivity index (χ3n) is 5.64. The summed E-state index contributed by atoms with van der Waals surface area (Å²) in [4.78, 5) is 32.1. The zero-order valence-corrected chi connectivity index (χ0v) is 19.0. The number of methoxy groups -OCH3 is 2. The standard InChI is InChI=1S/C24H28N4O4/c1-24(2,3)28-18-9-7-6-8-17(18)25-23(28)26-22(30)15-12-21(29)27(14-15)19-11-10-16(31-4)13-20(19)32-5/h6-11,13,15H,12,14H2,1-5H3,(H,25,26,30). The summed E-state index contributed by atoms with van der Waals surface area (Å²) < 4.78 is 12.7. The van der Waals surface area contributed by atoms with Crippen LogP contribution in [-0.2, 0) is 15.1 Å². The van der Waals surface area contributed by atoms with Crippen molar-refractivity contribution in [1.29, 1.82) is 0 Å². The summed E-state index contributed by atoms with van der Waals surface area (Å²) in [5.41, 5.74) is 2.09. The summed E-state index contributed by atoms with van der Waals surface area (Å²) in [7, 11) is 3.11. The van der Waals surface area contributed by atoms with E-state index in [-0.39, 0.29) is 30.3 Å². The molecule has 1 saturated heterocycles. The van der Waals surface area contributed by atoms with Crippen LogP contribution in [0, 0.1) is 5.92 Å². The maximum Gasteiger partial charge on any atom is 0.232 e. The summed E-state index contributed by atoms with van der Waals surface area (Å²) in [5.74, 6) is 0.784. The van der Waals surface area contributed by atoms with Gasteiger partial charge in [-0.3, -0.25) is 14.9 Å². The average Bonchev–Trinajstić information content (AvgIpc) is 3.33. The van der Waals surface area contributed by atoms with Crippen molar-refractivity contribution in [3.63, 3.8) is 0 Å². The summed E-state index contributed by atoms with van der Waals surface area (Å²) in [5, 5.41) is 2.97. The minimum Gasteiger partial charge on any atom is -0.497 e. The maximum absolute atomic E-state index is 13.2. The molecule has 1 atom stereocenters. The van der Waals surface area contributed by atoms with Crippen LogP contribution >= 0.6 is 0 Å². The molecule has 4 rings (SSSR count). The Hall–Kier alpha value is -3.55. The average molecular weight is 437 g/mol. The number of imidazole rings is 1. The summed E-state index contributed by atoms with van der Waals surface area (Å²) >= 11 is 0. The number of anilines is 2. The predicted molar refractivity (Wildman–Crippen MR) is 123 cm³/mol. The molecular weight excluding hydrogens is 408 g/mol. The van der Waals surface area contributed by atoms with Gasteiger partial charge in [-0.05, 0) is 45.0 Å². The number of fused-ring (bicyclic) bond motifs is 1. The number of nitrogens with zero attached hydrogens (tertiary/aromatic N) is 3. The van der Waals surface area contributed by atoms with Crippen LogP contribution in [0.3, 0.4) is 0 Å². The van der Waals surface area contributed by atoms with Crippen LogP contribution in [0.2, 0.25) is 0 Å². The Kier molecular flexibility index (Phi) is 5.54. The highest BCUT2D eigenvalue weighted by Gasteiger charge is 2.37. The van der Waals surface area contributed by atoms with E-state index in [4.69, 9.17) is 9.47 Å². The number of aromatic nitrogens is 2. The van der Waals surface area contributed by atoms with E-state index in [1.165, 1.54) is 0 Å². The molecule has 32 heavy (non-hydrogen) atoms. The van der Waals surface area contributed by atoms with Gasteiger partial charge >= 0.3 is 0 Å². The van der Waals surface area contributed by atoms with Crippen molar-refractivity contribution in [3.8, 4) is 11.5 Å². The summed E-state index contributed by atoms with van der Waals surface area (Å²) in [6.45, 7) is 6.46. The molecule has 0 radical (unpaired) electrons. The largest absolute Gasteiger partial charge is 0.497 e. The van der Waals surface area contributed by atoms with E-state index in [0.29, 0.717) is 23.1 Å². The molecule has 8 heteroatoms. The lowest BCUT2D eigenvalue weighted by atomic mass is 10.1. The molecule has 0 bridgehead atoms. The number of nitrogens with one attached hydrogen (secondary N) is 1. The fourth-order valence-electron chi connectivity index (χ4n) is 4.13. The van der Waals surface area contributed by atoms with Crippen LogP contribution in [0.25, 0.3) is 11.0 Å². The number of hydrogen-bond donors (Lipinski definition) is 1. The van der Waals surface area contributed by atoms with Crippen LogP contribution in [0.15, 0.2) is 42.5 Å². The number of rotatable bonds is 5. The van der Waals surface area contributed by atoms with Gasteiger partial charge in [-0.1, -0.05) is 12.1 Å². The van der Waals surface area contributed by atoms with E-state index in [9.17, 15) is 9.59 Å². The molecule has 1 N–H and O–H groups in total. The first-order valence-electron chi connectivity index (χ1n) is 10.5. The Balaban J connectivity index is 1.58. The van der Waals surface area contributed by atoms with E-state index in [1.807, 2.05) is 28.8 Å². The van der Waals surface area contributed by atoms with Crippen molar-refractivity contribution in [2.45, 2.75) is 32.7 Å². The monoisotopic (exact) mass is 436 g/mol. The number of carbonyl (C=O) groups is 2. The van der Waals surface area contributed by atoms with Crippen molar-refractivity contribution < 1.29 is 19.1 Å². The van der Waals surface area contributed by atoms with Gasteiger partial charge in [0.05, 0.1) is 36.9 Å². The first-order chi connectivity index (χ1) is 15.2. The molecule has 1 aromatic heterocycles. The fraction of sp³-hybridized carbons (Fsp3) is 0.375. The van der Waals surface area contributed by atoms with Gasteiger partial charge in [0.2, 0.25) is 17.8 Å². The summed E-state index contributed by atoms with van der Waals surface area (Å²) in [6, 6.07) is 13.0. The van der Waals surface area contributed by atoms with Crippen LogP contribution in [-0.4, -0.2) is 42.1 Å².